The topological polar surface area (TPSA) is 105 Å². The summed E-state index contributed by atoms with van der Waals surface area (Å²) in [5.41, 5.74) is 13.3. The molecule has 170 valence electrons. The second kappa shape index (κ2) is 13.2. The fourth-order valence-corrected chi connectivity index (χ4v) is 4.09. The maximum atomic E-state index is 5.53. The van der Waals surface area contributed by atoms with E-state index < -0.39 is 0 Å². The summed E-state index contributed by atoms with van der Waals surface area (Å²) in [4.78, 5) is 10.7. The van der Waals surface area contributed by atoms with E-state index in [4.69, 9.17) is 11.5 Å². The SMILES string of the molecule is NC1CCCC1.NC1CCCC1.c1cnc(Nc2ccc(N3CCNCC3)cc2)nc1. The number of hydrogen-bond donors (Lipinski definition) is 4. The van der Waals surface area contributed by atoms with Crippen molar-refractivity contribution in [2.24, 2.45) is 11.5 Å². The molecule has 1 aromatic carbocycles. The lowest BCUT2D eigenvalue weighted by Gasteiger charge is -2.29. The van der Waals surface area contributed by atoms with Crippen molar-refractivity contribution in [3.8, 4) is 0 Å². The standard InChI is InChI=1S/C14H17N5.2C5H11N/c1-6-16-14(17-7-1)18-12-2-4-13(5-3-12)19-10-8-15-9-11-19;2*6-5-3-1-2-4-5/h1-7,15H,8-11H2,(H,16,17,18);2*5H,1-4,6H2. The quantitative estimate of drug-likeness (QED) is 0.597. The summed E-state index contributed by atoms with van der Waals surface area (Å²) >= 11 is 0. The summed E-state index contributed by atoms with van der Waals surface area (Å²) in [5, 5.41) is 6.54. The van der Waals surface area contributed by atoms with Crippen LogP contribution in [0.25, 0.3) is 0 Å². The Kier molecular flexibility index (Phi) is 10.0. The van der Waals surface area contributed by atoms with Crippen molar-refractivity contribution in [3.63, 3.8) is 0 Å². The van der Waals surface area contributed by atoms with Crippen molar-refractivity contribution in [2.75, 3.05) is 36.4 Å². The first-order valence-corrected chi connectivity index (χ1v) is 11.8. The van der Waals surface area contributed by atoms with E-state index in [2.05, 4.69) is 49.8 Å². The third-order valence-corrected chi connectivity index (χ3v) is 5.97. The van der Waals surface area contributed by atoms with E-state index in [0.717, 1.165) is 31.9 Å². The number of nitrogens with zero attached hydrogens (tertiary/aromatic N) is 3. The highest BCUT2D eigenvalue weighted by molar-refractivity contribution is 5.59. The number of nitrogens with one attached hydrogen (secondary N) is 2. The summed E-state index contributed by atoms with van der Waals surface area (Å²) in [6, 6.07) is 11.3. The number of anilines is 3. The van der Waals surface area contributed by atoms with Crippen molar-refractivity contribution < 1.29 is 0 Å². The van der Waals surface area contributed by atoms with Crippen LogP contribution in [0.1, 0.15) is 51.4 Å². The molecule has 6 N–H and O–H groups in total. The molecule has 3 aliphatic rings. The Morgan fingerprint density at radius 3 is 1.77 bits per heavy atom. The van der Waals surface area contributed by atoms with E-state index in [9.17, 15) is 0 Å². The highest BCUT2D eigenvalue weighted by Crippen LogP contribution is 2.20. The van der Waals surface area contributed by atoms with Gasteiger partial charge in [-0.05, 0) is 56.0 Å². The predicted molar refractivity (Wildman–Crippen MR) is 130 cm³/mol. The number of aromatic nitrogens is 2. The zero-order valence-corrected chi connectivity index (χ0v) is 18.7. The van der Waals surface area contributed by atoms with Gasteiger partial charge in [-0.1, -0.05) is 25.7 Å². The second-order valence-electron chi connectivity index (χ2n) is 8.57. The maximum Gasteiger partial charge on any atom is 0.227 e. The minimum atomic E-state index is 0.546. The van der Waals surface area contributed by atoms with Gasteiger partial charge in [0.15, 0.2) is 0 Å². The van der Waals surface area contributed by atoms with Gasteiger partial charge in [0.1, 0.15) is 0 Å². The van der Waals surface area contributed by atoms with Crippen LogP contribution in [0.5, 0.6) is 0 Å². The van der Waals surface area contributed by atoms with Gasteiger partial charge in [-0.15, -0.1) is 0 Å². The maximum absolute atomic E-state index is 5.53. The van der Waals surface area contributed by atoms with E-state index in [0.29, 0.717) is 18.0 Å². The molecule has 2 aromatic rings. The van der Waals surface area contributed by atoms with Crippen LogP contribution < -0.4 is 27.0 Å². The molecule has 2 saturated carbocycles. The van der Waals surface area contributed by atoms with Crippen LogP contribution in [0.3, 0.4) is 0 Å². The van der Waals surface area contributed by atoms with Crippen LogP contribution in [-0.2, 0) is 0 Å². The van der Waals surface area contributed by atoms with Crippen LogP contribution in [0.2, 0.25) is 0 Å². The van der Waals surface area contributed by atoms with Gasteiger partial charge in [0, 0.05) is 62.0 Å². The molecule has 0 amide bonds. The highest BCUT2D eigenvalue weighted by Gasteiger charge is 2.10. The largest absolute Gasteiger partial charge is 0.369 e. The normalized spacial score (nSPS) is 19.2. The molecule has 1 saturated heterocycles. The third kappa shape index (κ3) is 8.81. The van der Waals surface area contributed by atoms with Gasteiger partial charge in [0.2, 0.25) is 5.95 Å². The van der Waals surface area contributed by atoms with Crippen molar-refractivity contribution in [1.82, 2.24) is 15.3 Å². The molecule has 0 bridgehead atoms. The lowest BCUT2D eigenvalue weighted by Crippen LogP contribution is -2.43. The van der Waals surface area contributed by atoms with Gasteiger partial charge < -0.3 is 27.0 Å². The minimum Gasteiger partial charge on any atom is -0.369 e. The van der Waals surface area contributed by atoms with Gasteiger partial charge >= 0.3 is 0 Å². The van der Waals surface area contributed by atoms with Gasteiger partial charge in [0.25, 0.3) is 0 Å². The minimum absolute atomic E-state index is 0.546. The number of nitrogens with two attached hydrogens (primary N) is 2. The Labute approximate surface area is 187 Å². The summed E-state index contributed by atoms with van der Waals surface area (Å²) in [7, 11) is 0. The molecule has 0 unspecified atom stereocenters. The summed E-state index contributed by atoms with van der Waals surface area (Å²) < 4.78 is 0. The Bertz CT molecular complexity index is 690. The zero-order chi connectivity index (χ0) is 21.7. The Balaban J connectivity index is 0.000000184. The van der Waals surface area contributed by atoms with E-state index in [1.54, 1.807) is 18.5 Å². The lowest BCUT2D eigenvalue weighted by atomic mass is 10.2. The predicted octanol–water partition coefficient (Wildman–Crippen LogP) is 3.41. The fourth-order valence-electron chi connectivity index (χ4n) is 4.09. The molecular weight excluding hydrogens is 386 g/mol. The first kappa shape index (κ1) is 23.4. The number of piperazine rings is 1. The van der Waals surface area contributed by atoms with Crippen LogP contribution in [0, 0.1) is 0 Å². The first-order valence-electron chi connectivity index (χ1n) is 11.8. The van der Waals surface area contributed by atoms with E-state index in [1.807, 2.05) is 0 Å². The molecule has 1 aromatic heterocycles. The molecule has 0 spiro atoms. The van der Waals surface area contributed by atoms with E-state index >= 15 is 0 Å². The molecule has 0 atom stereocenters. The van der Waals surface area contributed by atoms with Gasteiger partial charge in [-0.3, -0.25) is 0 Å². The van der Waals surface area contributed by atoms with E-state index in [-0.39, 0.29) is 0 Å². The smallest absolute Gasteiger partial charge is 0.227 e. The number of hydrogen-bond acceptors (Lipinski definition) is 7. The lowest BCUT2D eigenvalue weighted by molar-refractivity contribution is 0.589. The molecular formula is C24H39N7. The molecule has 0 radical (unpaired) electrons. The molecule has 7 nitrogen and oxygen atoms in total. The number of rotatable bonds is 3. The van der Waals surface area contributed by atoms with Crippen molar-refractivity contribution in [1.29, 1.82) is 0 Å². The monoisotopic (exact) mass is 425 g/mol. The average molecular weight is 426 g/mol. The van der Waals surface area contributed by atoms with Crippen molar-refractivity contribution in [3.05, 3.63) is 42.7 Å². The second-order valence-corrected chi connectivity index (χ2v) is 8.57. The number of benzene rings is 1. The Morgan fingerprint density at radius 1 is 0.806 bits per heavy atom. The summed E-state index contributed by atoms with van der Waals surface area (Å²) in [6.07, 6.45) is 14.0. The molecule has 3 fully saturated rings. The Morgan fingerprint density at radius 2 is 1.32 bits per heavy atom. The first-order chi connectivity index (χ1) is 15.2. The summed E-state index contributed by atoms with van der Waals surface area (Å²) in [6.45, 7) is 4.23. The van der Waals surface area contributed by atoms with Gasteiger partial charge in [0.05, 0.1) is 0 Å². The van der Waals surface area contributed by atoms with Crippen molar-refractivity contribution >= 4 is 17.3 Å². The van der Waals surface area contributed by atoms with Crippen LogP contribution >= 0.6 is 0 Å². The van der Waals surface area contributed by atoms with E-state index in [1.165, 1.54) is 57.1 Å². The van der Waals surface area contributed by atoms with Crippen LogP contribution in [-0.4, -0.2) is 48.2 Å². The molecule has 31 heavy (non-hydrogen) atoms. The third-order valence-electron chi connectivity index (χ3n) is 5.97. The van der Waals surface area contributed by atoms with Gasteiger partial charge in [-0.25, -0.2) is 9.97 Å². The van der Waals surface area contributed by atoms with Gasteiger partial charge in [-0.2, -0.15) is 0 Å². The average Bonchev–Trinajstić information content (AvgIpc) is 3.50. The van der Waals surface area contributed by atoms with Crippen LogP contribution in [0.15, 0.2) is 42.7 Å². The molecule has 7 heteroatoms. The zero-order valence-electron chi connectivity index (χ0n) is 18.7. The Hall–Kier alpha value is -2.22. The fraction of sp³-hybridized carbons (Fsp3) is 0.583. The van der Waals surface area contributed by atoms with Crippen LogP contribution in [0.4, 0.5) is 17.3 Å². The molecule has 1 aliphatic heterocycles. The molecule has 2 heterocycles. The molecule has 5 rings (SSSR count). The summed E-state index contributed by atoms with van der Waals surface area (Å²) in [5.74, 6) is 0.623. The highest BCUT2D eigenvalue weighted by atomic mass is 15.2. The van der Waals surface area contributed by atoms with Crippen molar-refractivity contribution in [2.45, 2.75) is 63.5 Å². The molecule has 2 aliphatic carbocycles.